The van der Waals surface area contributed by atoms with Crippen molar-refractivity contribution in [3.05, 3.63) is 58.8 Å². The molecule has 0 spiro atoms. The minimum absolute atomic E-state index is 0.0489. The number of ether oxygens (including phenoxy) is 2. The predicted octanol–water partition coefficient (Wildman–Crippen LogP) is 2.68. The molecule has 0 radical (unpaired) electrons. The van der Waals surface area contributed by atoms with Gasteiger partial charge in [-0.1, -0.05) is 12.1 Å². The number of hydrogen-bond acceptors (Lipinski definition) is 5. The maximum atomic E-state index is 12.2. The van der Waals surface area contributed by atoms with Crippen molar-refractivity contribution in [2.75, 3.05) is 6.61 Å². The van der Waals surface area contributed by atoms with Crippen molar-refractivity contribution in [2.45, 2.75) is 6.10 Å². The summed E-state index contributed by atoms with van der Waals surface area (Å²) in [5, 5.41) is 9.54. The van der Waals surface area contributed by atoms with E-state index in [2.05, 4.69) is 0 Å². The van der Waals surface area contributed by atoms with Crippen LogP contribution in [-0.4, -0.2) is 23.8 Å². The van der Waals surface area contributed by atoms with Gasteiger partial charge >= 0.3 is 5.97 Å². The molecule has 0 saturated carbocycles. The van der Waals surface area contributed by atoms with Gasteiger partial charge in [0, 0.05) is 11.6 Å². The van der Waals surface area contributed by atoms with E-state index < -0.39 is 12.1 Å². The molecule has 1 N–H and O–H groups in total. The molecule has 3 aromatic rings. The third-order valence-electron chi connectivity index (χ3n) is 3.80. The van der Waals surface area contributed by atoms with E-state index in [9.17, 15) is 9.59 Å². The van der Waals surface area contributed by atoms with E-state index in [-0.39, 0.29) is 12.0 Å². The van der Waals surface area contributed by atoms with Crippen molar-refractivity contribution in [2.24, 2.45) is 0 Å². The van der Waals surface area contributed by atoms with Crippen molar-refractivity contribution < 1.29 is 23.8 Å². The number of benzene rings is 2. The van der Waals surface area contributed by atoms with Crippen LogP contribution in [-0.2, 0) is 4.79 Å². The lowest BCUT2D eigenvalue weighted by atomic mass is 10.1. The topological polar surface area (TPSA) is 86.0 Å². The number of carboxylic acid groups (broad SMARTS) is 1. The summed E-state index contributed by atoms with van der Waals surface area (Å²) in [6, 6.07) is 13.4. The van der Waals surface area contributed by atoms with Gasteiger partial charge in [-0.15, -0.1) is 0 Å². The van der Waals surface area contributed by atoms with Gasteiger partial charge in [0.25, 0.3) is 0 Å². The molecule has 0 saturated heterocycles. The molecule has 0 bridgehead atoms. The van der Waals surface area contributed by atoms with E-state index >= 15 is 0 Å². The normalized spacial score (nSPS) is 16.1. The largest absolute Gasteiger partial charge is 0.485 e. The number of fused-ring (bicyclic) bond motifs is 2. The number of carbonyl (C=O) groups is 1. The van der Waals surface area contributed by atoms with Gasteiger partial charge in [-0.05, 0) is 30.3 Å². The molecule has 1 aliphatic heterocycles. The van der Waals surface area contributed by atoms with E-state index in [1.165, 1.54) is 6.07 Å². The first-order valence-corrected chi connectivity index (χ1v) is 7.31. The number of rotatable bonds is 2. The molecule has 2 aromatic carbocycles. The lowest BCUT2D eigenvalue weighted by Crippen LogP contribution is -2.36. The molecule has 1 aliphatic rings. The van der Waals surface area contributed by atoms with Gasteiger partial charge < -0.3 is 19.0 Å². The van der Waals surface area contributed by atoms with E-state index in [0.29, 0.717) is 33.8 Å². The van der Waals surface area contributed by atoms with Crippen LogP contribution in [0.15, 0.2) is 57.7 Å². The first-order valence-electron chi connectivity index (χ1n) is 7.31. The Hall–Kier alpha value is -3.28. The highest BCUT2D eigenvalue weighted by Gasteiger charge is 2.27. The summed E-state index contributed by atoms with van der Waals surface area (Å²) >= 11 is 0. The standard InChI is InChI=1S/C18H12O6/c19-12-8-15(23-13-4-2-1-3-11(12)13)10-5-6-14-16(7-10)24-17(9-22-14)18(20)21/h1-8,17H,9H2,(H,20,21). The van der Waals surface area contributed by atoms with Crippen LogP contribution in [0.3, 0.4) is 0 Å². The van der Waals surface area contributed by atoms with E-state index in [1.54, 1.807) is 42.5 Å². The number of hydrogen-bond donors (Lipinski definition) is 1. The van der Waals surface area contributed by atoms with Crippen molar-refractivity contribution >= 4 is 16.9 Å². The number of aliphatic carboxylic acids is 1. The molecule has 0 amide bonds. The summed E-state index contributed by atoms with van der Waals surface area (Å²) < 4.78 is 16.6. The Morgan fingerprint density at radius 3 is 2.75 bits per heavy atom. The molecule has 6 heteroatoms. The molecule has 2 heterocycles. The fraction of sp³-hybridized carbons (Fsp3) is 0.111. The Morgan fingerprint density at radius 2 is 1.92 bits per heavy atom. The second-order valence-corrected chi connectivity index (χ2v) is 5.39. The Bertz CT molecular complexity index is 1000. The minimum atomic E-state index is -1.09. The van der Waals surface area contributed by atoms with Gasteiger partial charge in [-0.2, -0.15) is 0 Å². The summed E-state index contributed by atoms with van der Waals surface area (Å²) in [5.41, 5.74) is 0.940. The quantitative estimate of drug-likeness (QED) is 0.780. The third-order valence-corrected chi connectivity index (χ3v) is 3.80. The highest BCUT2D eigenvalue weighted by Crippen LogP contribution is 2.36. The molecule has 1 aromatic heterocycles. The number of carboxylic acids is 1. The van der Waals surface area contributed by atoms with Crippen molar-refractivity contribution in [3.63, 3.8) is 0 Å². The lowest BCUT2D eigenvalue weighted by Gasteiger charge is -2.24. The second-order valence-electron chi connectivity index (χ2n) is 5.39. The minimum Gasteiger partial charge on any atom is -0.485 e. The Kier molecular flexibility index (Phi) is 3.23. The lowest BCUT2D eigenvalue weighted by molar-refractivity contribution is -0.147. The third kappa shape index (κ3) is 2.38. The van der Waals surface area contributed by atoms with Gasteiger partial charge in [0.1, 0.15) is 18.0 Å². The van der Waals surface area contributed by atoms with Crippen LogP contribution in [0.1, 0.15) is 0 Å². The fourth-order valence-corrected chi connectivity index (χ4v) is 2.59. The zero-order valence-electron chi connectivity index (χ0n) is 12.4. The van der Waals surface area contributed by atoms with Crippen LogP contribution in [0.25, 0.3) is 22.3 Å². The Labute approximate surface area is 135 Å². The summed E-state index contributed by atoms with van der Waals surface area (Å²) in [6.07, 6.45) is -1.06. The molecule has 6 nitrogen and oxygen atoms in total. The van der Waals surface area contributed by atoms with E-state index in [1.807, 2.05) is 0 Å². The fourth-order valence-electron chi connectivity index (χ4n) is 2.59. The van der Waals surface area contributed by atoms with E-state index in [4.69, 9.17) is 19.0 Å². The van der Waals surface area contributed by atoms with Crippen LogP contribution in [0.2, 0.25) is 0 Å². The van der Waals surface area contributed by atoms with Crippen LogP contribution in [0.4, 0.5) is 0 Å². The van der Waals surface area contributed by atoms with Gasteiger partial charge in [0.15, 0.2) is 16.9 Å². The smallest absolute Gasteiger partial charge is 0.348 e. The molecular weight excluding hydrogens is 312 g/mol. The van der Waals surface area contributed by atoms with Gasteiger partial charge in [0.2, 0.25) is 6.10 Å². The first-order chi connectivity index (χ1) is 11.6. The van der Waals surface area contributed by atoms with Crippen molar-refractivity contribution in [1.29, 1.82) is 0 Å². The molecule has 1 atom stereocenters. The molecule has 0 aliphatic carbocycles. The highest BCUT2D eigenvalue weighted by molar-refractivity contribution is 5.79. The zero-order valence-corrected chi connectivity index (χ0v) is 12.4. The van der Waals surface area contributed by atoms with Crippen LogP contribution >= 0.6 is 0 Å². The summed E-state index contributed by atoms with van der Waals surface area (Å²) in [7, 11) is 0. The monoisotopic (exact) mass is 324 g/mol. The van der Waals surface area contributed by atoms with E-state index in [0.717, 1.165) is 0 Å². The Morgan fingerprint density at radius 1 is 1.08 bits per heavy atom. The number of para-hydroxylation sites is 1. The molecule has 120 valence electrons. The maximum absolute atomic E-state index is 12.2. The highest BCUT2D eigenvalue weighted by atomic mass is 16.6. The van der Waals surface area contributed by atoms with Gasteiger partial charge in [0.05, 0.1) is 5.39 Å². The average Bonchev–Trinajstić information content (AvgIpc) is 2.60. The average molecular weight is 324 g/mol. The van der Waals surface area contributed by atoms with Gasteiger partial charge in [-0.3, -0.25) is 4.79 Å². The SMILES string of the molecule is O=C(O)C1COc2ccc(-c3cc(=O)c4ccccc4o3)cc2O1. The summed E-state index contributed by atoms with van der Waals surface area (Å²) in [4.78, 5) is 23.3. The van der Waals surface area contributed by atoms with Gasteiger partial charge in [-0.25, -0.2) is 4.79 Å². The van der Waals surface area contributed by atoms with Crippen LogP contribution < -0.4 is 14.9 Å². The van der Waals surface area contributed by atoms with Crippen LogP contribution in [0, 0.1) is 0 Å². The molecule has 0 fully saturated rings. The second kappa shape index (κ2) is 5.42. The summed E-state index contributed by atoms with van der Waals surface area (Å²) in [5.74, 6) is 0.0483. The summed E-state index contributed by atoms with van der Waals surface area (Å²) in [6.45, 7) is -0.0489. The predicted molar refractivity (Wildman–Crippen MR) is 85.5 cm³/mol. The Balaban J connectivity index is 1.79. The first kappa shape index (κ1) is 14.3. The van der Waals surface area contributed by atoms with Crippen molar-refractivity contribution in [1.82, 2.24) is 0 Å². The molecule has 1 unspecified atom stereocenters. The molecular formula is C18H12O6. The molecule has 24 heavy (non-hydrogen) atoms. The zero-order chi connectivity index (χ0) is 16.7. The van der Waals surface area contributed by atoms with Crippen LogP contribution in [0.5, 0.6) is 11.5 Å². The van der Waals surface area contributed by atoms with Crippen molar-refractivity contribution in [3.8, 4) is 22.8 Å². The maximum Gasteiger partial charge on any atom is 0.348 e. The molecule has 4 rings (SSSR count).